The minimum atomic E-state index is -0.688. The van der Waals surface area contributed by atoms with Crippen LogP contribution in [0.15, 0.2) is 0 Å². The molecule has 0 spiro atoms. The Balaban J connectivity index is 1.55. The van der Waals surface area contributed by atoms with Crippen LogP contribution < -0.4 is 0 Å². The Hall–Kier alpha value is -0.900. The SMILES string of the molecule is C[C@@H](CCC(=O)O)[C@@H]1CC[C@@H]2[C@H]3CC(=O)[C@@H]4C[C@@H](O)CC[C@@]4(C)[C@@H]3CC[C@]21C. The molecule has 28 heavy (non-hydrogen) atoms. The van der Waals surface area contributed by atoms with Gasteiger partial charge in [0.25, 0.3) is 0 Å². The molecule has 4 fully saturated rings. The molecule has 0 saturated heterocycles. The van der Waals surface area contributed by atoms with Crippen LogP contribution in [0.25, 0.3) is 0 Å². The second-order valence-electron chi connectivity index (χ2n) is 11.2. The number of carboxylic acids is 1. The highest BCUT2D eigenvalue weighted by Gasteiger charge is 2.62. The van der Waals surface area contributed by atoms with Gasteiger partial charge in [0.1, 0.15) is 5.78 Å². The van der Waals surface area contributed by atoms with Crippen LogP contribution in [-0.4, -0.2) is 28.1 Å². The zero-order valence-electron chi connectivity index (χ0n) is 17.8. The summed E-state index contributed by atoms with van der Waals surface area (Å²) in [4.78, 5) is 24.2. The second kappa shape index (κ2) is 7.11. The van der Waals surface area contributed by atoms with E-state index in [1.807, 2.05) is 0 Å². The van der Waals surface area contributed by atoms with Gasteiger partial charge in [-0.25, -0.2) is 0 Å². The van der Waals surface area contributed by atoms with E-state index >= 15 is 0 Å². The van der Waals surface area contributed by atoms with Crippen molar-refractivity contribution in [2.45, 2.75) is 91.1 Å². The normalized spacial score (nSPS) is 49.1. The van der Waals surface area contributed by atoms with Crippen molar-refractivity contribution >= 4 is 11.8 Å². The first kappa shape index (κ1) is 20.4. The summed E-state index contributed by atoms with van der Waals surface area (Å²) in [5.41, 5.74) is 0.338. The molecule has 0 heterocycles. The number of carbonyl (C=O) groups is 2. The van der Waals surface area contributed by atoms with Gasteiger partial charge in [-0.2, -0.15) is 0 Å². The van der Waals surface area contributed by atoms with Gasteiger partial charge in [-0.05, 0) is 91.8 Å². The molecule has 4 aliphatic carbocycles. The summed E-state index contributed by atoms with van der Waals surface area (Å²) in [6.07, 6.45) is 8.80. The number of aliphatic hydroxyl groups is 1. The summed E-state index contributed by atoms with van der Waals surface area (Å²) in [7, 11) is 0. The third-order valence-corrected chi connectivity index (χ3v) is 10.0. The maximum Gasteiger partial charge on any atom is 0.303 e. The highest BCUT2D eigenvalue weighted by atomic mass is 16.4. The molecule has 0 aromatic heterocycles. The van der Waals surface area contributed by atoms with Crippen LogP contribution in [0, 0.1) is 46.3 Å². The quantitative estimate of drug-likeness (QED) is 0.730. The van der Waals surface area contributed by atoms with Crippen molar-refractivity contribution in [2.24, 2.45) is 46.3 Å². The first-order valence-corrected chi connectivity index (χ1v) is 11.6. The summed E-state index contributed by atoms with van der Waals surface area (Å²) >= 11 is 0. The molecule has 0 aromatic rings. The van der Waals surface area contributed by atoms with Crippen LogP contribution in [0.3, 0.4) is 0 Å². The molecule has 0 aliphatic heterocycles. The van der Waals surface area contributed by atoms with Crippen molar-refractivity contribution in [1.82, 2.24) is 0 Å². The standard InChI is InChI=1S/C24H38O4/c1-14(4-7-22(27)28)17-5-6-18-16-13-21(26)20-12-15(25)8-10-24(20,3)19(16)9-11-23(17,18)2/h14-20,25H,4-13H2,1-3H3,(H,27,28)/t14-,15-,16+,17-,18+,19+,20-,23-,24-/m0/s1. The number of carboxylic acid groups (broad SMARTS) is 1. The zero-order chi connectivity index (χ0) is 20.3. The number of aliphatic carboxylic acids is 1. The lowest BCUT2D eigenvalue weighted by atomic mass is 9.44. The number of ketones is 1. The predicted molar refractivity (Wildman–Crippen MR) is 108 cm³/mol. The molecule has 4 rings (SSSR count). The van der Waals surface area contributed by atoms with Crippen molar-refractivity contribution < 1.29 is 19.8 Å². The van der Waals surface area contributed by atoms with E-state index in [-0.39, 0.29) is 29.3 Å². The van der Waals surface area contributed by atoms with Crippen molar-refractivity contribution in [3.05, 3.63) is 0 Å². The van der Waals surface area contributed by atoms with Crippen molar-refractivity contribution in [3.63, 3.8) is 0 Å². The van der Waals surface area contributed by atoms with Gasteiger partial charge in [0, 0.05) is 18.8 Å². The Labute approximate surface area is 169 Å². The molecule has 9 atom stereocenters. The lowest BCUT2D eigenvalue weighted by Gasteiger charge is -2.60. The van der Waals surface area contributed by atoms with E-state index in [4.69, 9.17) is 5.11 Å². The molecule has 0 aromatic carbocycles. The molecule has 0 radical (unpaired) electrons. The number of hydrogen-bond acceptors (Lipinski definition) is 3. The molecule has 0 amide bonds. The first-order valence-electron chi connectivity index (χ1n) is 11.6. The zero-order valence-corrected chi connectivity index (χ0v) is 17.8. The van der Waals surface area contributed by atoms with Crippen LogP contribution in [0.2, 0.25) is 0 Å². The Morgan fingerprint density at radius 1 is 1.11 bits per heavy atom. The van der Waals surface area contributed by atoms with E-state index in [0.717, 1.165) is 19.3 Å². The Kier molecular flexibility index (Phi) is 5.17. The number of rotatable bonds is 4. The second-order valence-corrected chi connectivity index (χ2v) is 11.2. The lowest BCUT2D eigenvalue weighted by molar-refractivity contribution is -0.160. The van der Waals surface area contributed by atoms with E-state index in [0.29, 0.717) is 48.2 Å². The first-order chi connectivity index (χ1) is 13.2. The fourth-order valence-electron chi connectivity index (χ4n) is 8.55. The number of Topliss-reactive ketones (excluding diaryl/α,β-unsaturated/α-hetero) is 1. The van der Waals surface area contributed by atoms with Crippen LogP contribution in [0.5, 0.6) is 0 Å². The average Bonchev–Trinajstić information content (AvgIpc) is 2.99. The minimum absolute atomic E-state index is 0.0635. The largest absolute Gasteiger partial charge is 0.481 e. The summed E-state index contributed by atoms with van der Waals surface area (Å²) in [6.45, 7) is 7.05. The maximum atomic E-state index is 13.1. The van der Waals surface area contributed by atoms with Crippen molar-refractivity contribution in [2.75, 3.05) is 0 Å². The van der Waals surface area contributed by atoms with E-state index < -0.39 is 5.97 Å². The molecule has 4 heteroatoms. The molecule has 158 valence electrons. The van der Waals surface area contributed by atoms with E-state index in [9.17, 15) is 14.7 Å². The van der Waals surface area contributed by atoms with Gasteiger partial charge in [-0.1, -0.05) is 20.8 Å². The van der Waals surface area contributed by atoms with Gasteiger partial charge in [-0.15, -0.1) is 0 Å². The smallest absolute Gasteiger partial charge is 0.303 e. The molecular formula is C24H38O4. The van der Waals surface area contributed by atoms with Crippen LogP contribution in [0.4, 0.5) is 0 Å². The fourth-order valence-corrected chi connectivity index (χ4v) is 8.55. The molecule has 4 saturated carbocycles. The van der Waals surface area contributed by atoms with E-state index in [1.54, 1.807) is 0 Å². The Morgan fingerprint density at radius 2 is 1.79 bits per heavy atom. The number of aliphatic hydroxyl groups excluding tert-OH is 1. The molecule has 0 bridgehead atoms. The molecule has 4 nitrogen and oxygen atoms in total. The number of hydrogen-bond donors (Lipinski definition) is 2. The average molecular weight is 391 g/mol. The van der Waals surface area contributed by atoms with Gasteiger partial charge in [0.15, 0.2) is 0 Å². The molecule has 2 N–H and O–H groups in total. The van der Waals surface area contributed by atoms with Crippen molar-refractivity contribution in [1.29, 1.82) is 0 Å². The number of carbonyl (C=O) groups excluding carboxylic acids is 1. The van der Waals surface area contributed by atoms with E-state index in [2.05, 4.69) is 20.8 Å². The third-order valence-electron chi connectivity index (χ3n) is 10.0. The number of fused-ring (bicyclic) bond motifs is 5. The molecule has 0 unspecified atom stereocenters. The summed E-state index contributed by atoms with van der Waals surface area (Å²) in [5.74, 6) is 2.54. The molecular weight excluding hydrogens is 352 g/mol. The lowest BCUT2D eigenvalue weighted by Crippen LogP contribution is -2.57. The van der Waals surface area contributed by atoms with Crippen LogP contribution in [-0.2, 0) is 9.59 Å². The van der Waals surface area contributed by atoms with Crippen LogP contribution >= 0.6 is 0 Å². The maximum absolute atomic E-state index is 13.1. The monoisotopic (exact) mass is 390 g/mol. The summed E-state index contributed by atoms with van der Waals surface area (Å²) in [5, 5.41) is 19.2. The topological polar surface area (TPSA) is 74.6 Å². The predicted octanol–water partition coefficient (Wildman–Crippen LogP) is 4.69. The minimum Gasteiger partial charge on any atom is -0.481 e. The van der Waals surface area contributed by atoms with Gasteiger partial charge in [0.05, 0.1) is 6.10 Å². The van der Waals surface area contributed by atoms with Gasteiger partial charge in [0.2, 0.25) is 0 Å². The summed E-state index contributed by atoms with van der Waals surface area (Å²) in [6, 6.07) is 0. The fraction of sp³-hybridized carbons (Fsp3) is 0.917. The van der Waals surface area contributed by atoms with Gasteiger partial charge in [-0.3, -0.25) is 9.59 Å². The highest BCUT2D eigenvalue weighted by Crippen LogP contribution is 2.67. The third kappa shape index (κ3) is 3.05. The van der Waals surface area contributed by atoms with E-state index in [1.165, 1.54) is 25.7 Å². The Bertz CT molecular complexity index is 645. The highest BCUT2D eigenvalue weighted by molar-refractivity contribution is 5.83. The summed E-state index contributed by atoms with van der Waals surface area (Å²) < 4.78 is 0. The van der Waals surface area contributed by atoms with Gasteiger partial charge >= 0.3 is 5.97 Å². The van der Waals surface area contributed by atoms with Crippen LogP contribution in [0.1, 0.15) is 85.0 Å². The van der Waals surface area contributed by atoms with Crippen molar-refractivity contribution in [3.8, 4) is 0 Å². The molecule has 4 aliphatic rings. The Morgan fingerprint density at radius 3 is 2.50 bits per heavy atom. The van der Waals surface area contributed by atoms with Gasteiger partial charge < -0.3 is 10.2 Å².